The topological polar surface area (TPSA) is 65.2 Å². The van der Waals surface area contributed by atoms with Crippen LogP contribution in [0.3, 0.4) is 0 Å². The Bertz CT molecular complexity index is 692. The summed E-state index contributed by atoms with van der Waals surface area (Å²) in [7, 11) is 1.67. The molecule has 2 heterocycles. The number of rotatable bonds is 4. The van der Waals surface area contributed by atoms with Gasteiger partial charge in [-0.2, -0.15) is 0 Å². The molecule has 3 rings (SSSR count). The van der Waals surface area contributed by atoms with Crippen molar-refractivity contribution in [1.29, 1.82) is 0 Å². The number of aromatic nitrogens is 2. The Kier molecular flexibility index (Phi) is 3.98. The predicted octanol–water partition coefficient (Wildman–Crippen LogP) is 2.23. The number of imidazole rings is 1. The van der Waals surface area contributed by atoms with Crippen LogP contribution in [-0.2, 0) is 12.8 Å². The highest BCUT2D eigenvalue weighted by atomic mass is 32.1. The first-order valence-corrected chi connectivity index (χ1v) is 7.42. The minimum absolute atomic E-state index is 0.185. The maximum absolute atomic E-state index is 5.88. The Hall–Kier alpha value is -1.79. The van der Waals surface area contributed by atoms with E-state index in [4.69, 9.17) is 27.4 Å². The van der Waals surface area contributed by atoms with E-state index in [-0.39, 0.29) is 6.04 Å². The second kappa shape index (κ2) is 5.91. The van der Waals surface area contributed by atoms with Crippen molar-refractivity contribution >= 4 is 12.2 Å². The maximum atomic E-state index is 5.88. The molecule has 0 spiro atoms. The number of methoxy groups -OCH3 is 1. The lowest BCUT2D eigenvalue weighted by Gasteiger charge is -2.28. The summed E-state index contributed by atoms with van der Waals surface area (Å²) in [6, 6.07) is 6.09. The van der Waals surface area contributed by atoms with Gasteiger partial charge in [-0.15, -0.1) is 0 Å². The minimum atomic E-state index is 0.185. The van der Waals surface area contributed by atoms with Crippen LogP contribution in [0.25, 0.3) is 0 Å². The van der Waals surface area contributed by atoms with E-state index < -0.39 is 0 Å². The van der Waals surface area contributed by atoms with Gasteiger partial charge in [0.2, 0.25) is 0 Å². The zero-order valence-electron chi connectivity index (χ0n) is 12.0. The normalized spacial score (nSPS) is 17.1. The predicted molar refractivity (Wildman–Crippen MR) is 83.6 cm³/mol. The average molecular weight is 305 g/mol. The van der Waals surface area contributed by atoms with Crippen LogP contribution in [0.5, 0.6) is 11.5 Å². The van der Waals surface area contributed by atoms with E-state index in [1.165, 1.54) is 0 Å². The van der Waals surface area contributed by atoms with Gasteiger partial charge < -0.3 is 24.8 Å². The van der Waals surface area contributed by atoms with E-state index in [1.807, 2.05) is 24.4 Å². The monoisotopic (exact) mass is 305 g/mol. The summed E-state index contributed by atoms with van der Waals surface area (Å²) in [6.45, 7) is 1.22. The van der Waals surface area contributed by atoms with E-state index in [0.717, 1.165) is 40.4 Å². The third-order valence-corrected chi connectivity index (χ3v) is 4.13. The molecule has 0 fully saturated rings. The number of benzene rings is 1. The Morgan fingerprint density at radius 2 is 2.38 bits per heavy atom. The Morgan fingerprint density at radius 1 is 1.52 bits per heavy atom. The zero-order chi connectivity index (χ0) is 14.8. The van der Waals surface area contributed by atoms with Crippen LogP contribution >= 0.6 is 12.2 Å². The van der Waals surface area contributed by atoms with Crippen molar-refractivity contribution in [2.75, 3.05) is 20.3 Å². The van der Waals surface area contributed by atoms with E-state index >= 15 is 0 Å². The van der Waals surface area contributed by atoms with Gasteiger partial charge in [-0.05, 0) is 42.5 Å². The van der Waals surface area contributed by atoms with Crippen LogP contribution in [-0.4, -0.2) is 29.8 Å². The van der Waals surface area contributed by atoms with Crippen LogP contribution < -0.4 is 15.2 Å². The third-order valence-electron chi connectivity index (χ3n) is 3.81. The Labute approximate surface area is 128 Å². The van der Waals surface area contributed by atoms with Crippen molar-refractivity contribution in [2.24, 2.45) is 5.73 Å². The van der Waals surface area contributed by atoms with Gasteiger partial charge in [-0.3, -0.25) is 0 Å². The molecule has 21 heavy (non-hydrogen) atoms. The minimum Gasteiger partial charge on any atom is -0.497 e. The number of hydrogen-bond acceptors (Lipinski definition) is 4. The van der Waals surface area contributed by atoms with Crippen LogP contribution in [0.4, 0.5) is 0 Å². The van der Waals surface area contributed by atoms with E-state index in [2.05, 4.69) is 9.55 Å². The molecule has 0 unspecified atom stereocenters. The lowest BCUT2D eigenvalue weighted by atomic mass is 10.0. The number of nitrogens with one attached hydrogen (secondary N) is 1. The molecule has 112 valence electrons. The standard InChI is InChI=1S/C15H19N3O2S/c1-19-13-2-3-14-10(7-13)6-12(9-20-14)18-11(4-5-16)8-17-15(18)21/h2-3,7-8,12H,4-6,9,16H2,1H3,(H,17,21)/t12-/m1/s1. The molecule has 1 aliphatic heterocycles. The number of fused-ring (bicyclic) bond motifs is 1. The maximum Gasteiger partial charge on any atom is 0.177 e. The number of aromatic amines is 1. The molecule has 0 radical (unpaired) electrons. The van der Waals surface area contributed by atoms with Gasteiger partial charge in [-0.25, -0.2) is 0 Å². The fourth-order valence-corrected chi connectivity index (χ4v) is 3.13. The molecule has 0 bridgehead atoms. The first-order valence-electron chi connectivity index (χ1n) is 7.01. The quantitative estimate of drug-likeness (QED) is 0.850. The number of hydrogen-bond donors (Lipinski definition) is 2. The van der Waals surface area contributed by atoms with Gasteiger partial charge in [0, 0.05) is 24.7 Å². The number of nitrogens with zero attached hydrogens (tertiary/aromatic N) is 1. The van der Waals surface area contributed by atoms with E-state index in [9.17, 15) is 0 Å². The third kappa shape index (κ3) is 2.69. The van der Waals surface area contributed by atoms with Gasteiger partial charge in [0.25, 0.3) is 0 Å². The van der Waals surface area contributed by atoms with Crippen molar-refractivity contribution < 1.29 is 9.47 Å². The zero-order valence-corrected chi connectivity index (χ0v) is 12.8. The summed E-state index contributed by atoms with van der Waals surface area (Å²) in [4.78, 5) is 3.11. The molecule has 2 aromatic rings. The summed E-state index contributed by atoms with van der Waals surface area (Å²) < 4.78 is 14.0. The smallest absolute Gasteiger partial charge is 0.177 e. The number of nitrogens with two attached hydrogens (primary N) is 1. The summed E-state index contributed by atoms with van der Waals surface area (Å²) in [5, 5.41) is 0. The first-order chi connectivity index (χ1) is 10.2. The first kappa shape index (κ1) is 14.2. The molecule has 1 aromatic carbocycles. The Morgan fingerprint density at radius 3 is 3.14 bits per heavy atom. The molecule has 1 aliphatic rings. The molecule has 3 N–H and O–H groups in total. The van der Waals surface area contributed by atoms with Gasteiger partial charge in [0.1, 0.15) is 18.1 Å². The van der Waals surface area contributed by atoms with Crippen molar-refractivity contribution in [2.45, 2.75) is 18.9 Å². The molecule has 0 amide bonds. The highest BCUT2D eigenvalue weighted by molar-refractivity contribution is 7.71. The largest absolute Gasteiger partial charge is 0.497 e. The van der Waals surface area contributed by atoms with Crippen molar-refractivity contribution in [3.63, 3.8) is 0 Å². The fraction of sp³-hybridized carbons (Fsp3) is 0.400. The van der Waals surface area contributed by atoms with Crippen molar-refractivity contribution in [1.82, 2.24) is 9.55 Å². The van der Waals surface area contributed by atoms with E-state index in [0.29, 0.717) is 13.2 Å². The van der Waals surface area contributed by atoms with Crippen LogP contribution in [0.15, 0.2) is 24.4 Å². The molecule has 0 saturated carbocycles. The molecular weight excluding hydrogens is 286 g/mol. The molecule has 5 nitrogen and oxygen atoms in total. The lowest BCUT2D eigenvalue weighted by Crippen LogP contribution is -2.26. The highest BCUT2D eigenvalue weighted by Crippen LogP contribution is 2.33. The second-order valence-corrected chi connectivity index (χ2v) is 5.52. The Balaban J connectivity index is 1.92. The summed E-state index contributed by atoms with van der Waals surface area (Å²) in [5.41, 5.74) is 7.95. The number of H-pyrrole nitrogens is 1. The molecule has 1 aromatic heterocycles. The van der Waals surface area contributed by atoms with Gasteiger partial charge in [-0.1, -0.05) is 0 Å². The van der Waals surface area contributed by atoms with Crippen LogP contribution in [0, 0.1) is 4.77 Å². The molecular formula is C15H19N3O2S. The average Bonchev–Trinajstić information content (AvgIpc) is 2.87. The van der Waals surface area contributed by atoms with Gasteiger partial charge in [0.05, 0.1) is 13.2 Å². The van der Waals surface area contributed by atoms with Crippen LogP contribution in [0.1, 0.15) is 17.3 Å². The van der Waals surface area contributed by atoms with Gasteiger partial charge >= 0.3 is 0 Å². The highest BCUT2D eigenvalue weighted by Gasteiger charge is 2.24. The van der Waals surface area contributed by atoms with Crippen molar-refractivity contribution in [3.05, 3.63) is 40.4 Å². The lowest BCUT2D eigenvalue weighted by molar-refractivity contribution is 0.220. The second-order valence-electron chi connectivity index (χ2n) is 5.14. The molecule has 0 saturated heterocycles. The molecule has 6 heteroatoms. The SMILES string of the molecule is COc1ccc2c(c1)C[C@@H](n1c(CCN)c[nH]c1=S)CO2. The van der Waals surface area contributed by atoms with Crippen molar-refractivity contribution in [3.8, 4) is 11.5 Å². The molecule has 1 atom stereocenters. The van der Waals surface area contributed by atoms with Crippen LogP contribution in [0.2, 0.25) is 0 Å². The van der Waals surface area contributed by atoms with E-state index in [1.54, 1.807) is 7.11 Å². The number of ether oxygens (including phenoxy) is 2. The van der Waals surface area contributed by atoms with Gasteiger partial charge in [0.15, 0.2) is 4.77 Å². The summed E-state index contributed by atoms with van der Waals surface area (Å²) >= 11 is 5.40. The molecule has 0 aliphatic carbocycles. The summed E-state index contributed by atoms with van der Waals surface area (Å²) in [6.07, 6.45) is 3.61. The summed E-state index contributed by atoms with van der Waals surface area (Å²) in [5.74, 6) is 1.77. The fourth-order valence-electron chi connectivity index (χ4n) is 2.80.